The Kier molecular flexibility index (Phi) is 4.79. The summed E-state index contributed by atoms with van der Waals surface area (Å²) in [6.07, 6.45) is 0. The van der Waals surface area contributed by atoms with Crippen LogP contribution in [0, 0.1) is 5.82 Å². The summed E-state index contributed by atoms with van der Waals surface area (Å²) in [5.74, 6) is -1.43. The molecule has 1 aromatic carbocycles. The lowest BCUT2D eigenvalue weighted by Gasteiger charge is -2.17. The van der Waals surface area contributed by atoms with Crippen molar-refractivity contribution in [3.63, 3.8) is 0 Å². The lowest BCUT2D eigenvalue weighted by molar-refractivity contribution is -0.127. The van der Waals surface area contributed by atoms with Gasteiger partial charge in [-0.15, -0.1) is 0 Å². The molecule has 1 aromatic rings. The number of hydrogen-bond donors (Lipinski definition) is 2. The van der Waals surface area contributed by atoms with E-state index in [1.165, 1.54) is 24.3 Å². The molecular formula is C12H16FN3O2. The van der Waals surface area contributed by atoms with E-state index in [-0.39, 0.29) is 12.5 Å². The SMILES string of the molecule is CN(C)CC(=O)N[C@H](C(N)=O)c1ccc(F)cc1. The highest BCUT2D eigenvalue weighted by molar-refractivity contribution is 5.88. The summed E-state index contributed by atoms with van der Waals surface area (Å²) in [5.41, 5.74) is 5.68. The molecule has 5 nitrogen and oxygen atoms in total. The molecule has 0 heterocycles. The molecule has 18 heavy (non-hydrogen) atoms. The highest BCUT2D eigenvalue weighted by Crippen LogP contribution is 2.13. The number of carbonyl (C=O) groups is 2. The summed E-state index contributed by atoms with van der Waals surface area (Å²) in [4.78, 5) is 24.5. The molecule has 0 unspecified atom stereocenters. The largest absolute Gasteiger partial charge is 0.368 e. The van der Waals surface area contributed by atoms with Crippen LogP contribution in [0.5, 0.6) is 0 Å². The Labute approximate surface area is 105 Å². The predicted molar refractivity (Wildman–Crippen MR) is 65.0 cm³/mol. The Bertz CT molecular complexity index is 431. The number of nitrogens with one attached hydrogen (secondary N) is 1. The minimum Gasteiger partial charge on any atom is -0.368 e. The number of nitrogens with two attached hydrogens (primary N) is 1. The summed E-state index contributed by atoms with van der Waals surface area (Å²) in [6, 6.07) is 4.31. The van der Waals surface area contributed by atoms with E-state index in [1.54, 1.807) is 19.0 Å². The highest BCUT2D eigenvalue weighted by atomic mass is 19.1. The molecule has 0 fully saturated rings. The maximum absolute atomic E-state index is 12.8. The molecule has 1 rings (SSSR count). The van der Waals surface area contributed by atoms with Gasteiger partial charge >= 0.3 is 0 Å². The number of halogens is 1. The van der Waals surface area contributed by atoms with Crippen molar-refractivity contribution >= 4 is 11.8 Å². The van der Waals surface area contributed by atoms with Crippen LogP contribution in [0.15, 0.2) is 24.3 Å². The number of rotatable bonds is 5. The Morgan fingerprint density at radius 1 is 1.33 bits per heavy atom. The second-order valence-electron chi connectivity index (χ2n) is 4.19. The third-order valence-corrected chi connectivity index (χ3v) is 2.25. The molecule has 6 heteroatoms. The van der Waals surface area contributed by atoms with E-state index in [2.05, 4.69) is 5.32 Å². The fraction of sp³-hybridized carbons (Fsp3) is 0.333. The average molecular weight is 253 g/mol. The van der Waals surface area contributed by atoms with Crippen molar-refractivity contribution in [3.05, 3.63) is 35.6 Å². The molecule has 1 atom stereocenters. The van der Waals surface area contributed by atoms with Crippen molar-refractivity contribution in [3.8, 4) is 0 Å². The Morgan fingerprint density at radius 3 is 2.33 bits per heavy atom. The normalized spacial score (nSPS) is 12.2. The number of carbonyl (C=O) groups excluding carboxylic acids is 2. The van der Waals surface area contributed by atoms with Crippen molar-refractivity contribution < 1.29 is 14.0 Å². The zero-order valence-corrected chi connectivity index (χ0v) is 10.3. The summed E-state index contributed by atoms with van der Waals surface area (Å²) in [5, 5.41) is 2.51. The number of likely N-dealkylation sites (N-methyl/N-ethyl adjacent to an activating group) is 1. The van der Waals surface area contributed by atoms with Gasteiger partial charge in [0, 0.05) is 0 Å². The molecule has 0 spiro atoms. The van der Waals surface area contributed by atoms with Crippen LogP contribution >= 0.6 is 0 Å². The highest BCUT2D eigenvalue weighted by Gasteiger charge is 2.20. The monoisotopic (exact) mass is 253 g/mol. The molecule has 0 aliphatic rings. The molecule has 98 valence electrons. The molecule has 0 radical (unpaired) electrons. The number of nitrogens with zero attached hydrogens (tertiary/aromatic N) is 1. The molecule has 3 N–H and O–H groups in total. The summed E-state index contributed by atoms with van der Waals surface area (Å²) < 4.78 is 12.8. The summed E-state index contributed by atoms with van der Waals surface area (Å²) in [7, 11) is 3.47. The lowest BCUT2D eigenvalue weighted by atomic mass is 10.1. The van der Waals surface area contributed by atoms with Gasteiger partial charge in [-0.3, -0.25) is 9.59 Å². The quantitative estimate of drug-likeness (QED) is 0.777. The number of primary amides is 1. The first-order valence-electron chi connectivity index (χ1n) is 5.39. The Balaban J connectivity index is 2.80. The van der Waals surface area contributed by atoms with E-state index >= 15 is 0 Å². The molecule has 0 aliphatic heterocycles. The minimum absolute atomic E-state index is 0.144. The molecule has 0 bridgehead atoms. The Hall–Kier alpha value is -1.95. The first-order valence-corrected chi connectivity index (χ1v) is 5.39. The van der Waals surface area contributed by atoms with Crippen molar-refractivity contribution in [1.29, 1.82) is 0 Å². The van der Waals surface area contributed by atoms with Crippen LogP contribution in [0.4, 0.5) is 4.39 Å². The summed E-state index contributed by atoms with van der Waals surface area (Å²) >= 11 is 0. The van der Waals surface area contributed by atoms with Crippen molar-refractivity contribution in [2.45, 2.75) is 6.04 Å². The smallest absolute Gasteiger partial charge is 0.244 e. The van der Waals surface area contributed by atoms with Gasteiger partial charge in [0.25, 0.3) is 0 Å². The summed E-state index contributed by atoms with van der Waals surface area (Å²) in [6.45, 7) is 0.144. The molecule has 0 aliphatic carbocycles. The van der Waals surface area contributed by atoms with Crippen molar-refractivity contribution in [1.82, 2.24) is 10.2 Å². The van der Waals surface area contributed by atoms with Gasteiger partial charge in [0.05, 0.1) is 6.54 Å². The number of hydrogen-bond acceptors (Lipinski definition) is 3. The first kappa shape index (κ1) is 14.1. The van der Waals surface area contributed by atoms with E-state index in [0.29, 0.717) is 5.56 Å². The van der Waals surface area contributed by atoms with Crippen LogP contribution in [0.25, 0.3) is 0 Å². The second kappa shape index (κ2) is 6.11. The van der Waals surface area contributed by atoms with Crippen LogP contribution in [0.3, 0.4) is 0 Å². The second-order valence-corrected chi connectivity index (χ2v) is 4.19. The van der Waals surface area contributed by atoms with Gasteiger partial charge in [-0.2, -0.15) is 0 Å². The molecule has 2 amide bonds. The molecule has 0 saturated carbocycles. The van der Waals surface area contributed by atoms with Crippen molar-refractivity contribution in [2.24, 2.45) is 5.73 Å². The van der Waals surface area contributed by atoms with Crippen molar-refractivity contribution in [2.75, 3.05) is 20.6 Å². The number of benzene rings is 1. The molecular weight excluding hydrogens is 237 g/mol. The molecule has 0 aromatic heterocycles. The molecule has 0 saturated heterocycles. The zero-order chi connectivity index (χ0) is 13.7. The van der Waals surface area contributed by atoms with Crippen LogP contribution in [0.1, 0.15) is 11.6 Å². The van der Waals surface area contributed by atoms with E-state index in [9.17, 15) is 14.0 Å². The predicted octanol–water partition coefficient (Wildman–Crippen LogP) is 0.0299. The minimum atomic E-state index is -0.946. The van der Waals surface area contributed by atoms with E-state index in [4.69, 9.17) is 5.73 Å². The van der Waals surface area contributed by atoms with Gasteiger partial charge in [-0.25, -0.2) is 4.39 Å². The van der Waals surface area contributed by atoms with Gasteiger partial charge in [0.1, 0.15) is 11.9 Å². The maximum atomic E-state index is 12.8. The standard InChI is InChI=1S/C12H16FN3O2/c1-16(2)7-10(17)15-11(12(14)18)8-3-5-9(13)6-4-8/h3-6,11H,7H2,1-2H3,(H2,14,18)(H,15,17)/t11-/m0/s1. The van der Waals surface area contributed by atoms with E-state index in [1.807, 2.05) is 0 Å². The Morgan fingerprint density at radius 2 is 1.89 bits per heavy atom. The fourth-order valence-electron chi connectivity index (χ4n) is 1.47. The third-order valence-electron chi connectivity index (χ3n) is 2.25. The van der Waals surface area contributed by atoms with Crippen LogP contribution in [-0.4, -0.2) is 37.4 Å². The lowest BCUT2D eigenvalue weighted by Crippen LogP contribution is -2.41. The fourth-order valence-corrected chi connectivity index (χ4v) is 1.47. The van der Waals surface area contributed by atoms with E-state index in [0.717, 1.165) is 0 Å². The van der Waals surface area contributed by atoms with Gasteiger partial charge < -0.3 is 16.0 Å². The topological polar surface area (TPSA) is 75.4 Å². The van der Waals surface area contributed by atoms with Gasteiger partial charge in [-0.1, -0.05) is 12.1 Å². The van der Waals surface area contributed by atoms with Gasteiger partial charge in [0.2, 0.25) is 11.8 Å². The van der Waals surface area contributed by atoms with Gasteiger partial charge in [0.15, 0.2) is 0 Å². The van der Waals surface area contributed by atoms with Crippen LogP contribution in [0.2, 0.25) is 0 Å². The zero-order valence-electron chi connectivity index (χ0n) is 10.3. The third kappa shape index (κ3) is 4.14. The van der Waals surface area contributed by atoms with E-state index < -0.39 is 17.8 Å². The van der Waals surface area contributed by atoms with Gasteiger partial charge in [-0.05, 0) is 31.8 Å². The average Bonchev–Trinajstić information content (AvgIpc) is 2.26. The maximum Gasteiger partial charge on any atom is 0.244 e. The van der Waals surface area contributed by atoms with Crippen LogP contribution in [-0.2, 0) is 9.59 Å². The van der Waals surface area contributed by atoms with Crippen LogP contribution < -0.4 is 11.1 Å². The number of amides is 2. The first-order chi connectivity index (χ1) is 8.40.